The van der Waals surface area contributed by atoms with E-state index in [-0.39, 0.29) is 5.41 Å². The molecule has 0 saturated carbocycles. The number of ether oxygens (including phenoxy) is 1. The Morgan fingerprint density at radius 3 is 2.09 bits per heavy atom. The maximum Gasteiger partial charge on any atom is 0.339 e. The van der Waals surface area contributed by atoms with Crippen molar-refractivity contribution >= 4 is 5.97 Å². The van der Waals surface area contributed by atoms with Crippen LogP contribution in [0.15, 0.2) is 24.3 Å². The molecule has 2 atom stereocenters. The lowest BCUT2D eigenvalue weighted by atomic mass is 9.75. The molecule has 124 valence electrons. The van der Waals surface area contributed by atoms with Gasteiger partial charge in [0.25, 0.3) is 0 Å². The molecular weight excluding hydrogens is 280 g/mol. The van der Waals surface area contributed by atoms with Gasteiger partial charge >= 0.3 is 5.97 Å². The van der Waals surface area contributed by atoms with Crippen molar-refractivity contribution in [2.45, 2.75) is 66.6 Å². The minimum atomic E-state index is -0.598. The third-order valence-electron chi connectivity index (χ3n) is 3.61. The first-order valence-electron chi connectivity index (χ1n) is 7.88. The van der Waals surface area contributed by atoms with Crippen LogP contribution >= 0.6 is 0 Å². The summed E-state index contributed by atoms with van der Waals surface area (Å²) in [4.78, 5) is 20.2. The Kier molecular flexibility index (Phi) is 6.88. The van der Waals surface area contributed by atoms with Crippen molar-refractivity contribution in [1.82, 2.24) is 0 Å². The van der Waals surface area contributed by atoms with Gasteiger partial charge in [-0.2, -0.15) is 0 Å². The zero-order chi connectivity index (χ0) is 16.8. The fourth-order valence-electron chi connectivity index (χ4n) is 2.57. The molecule has 4 heteroatoms. The number of benzene rings is 1. The van der Waals surface area contributed by atoms with Crippen LogP contribution in [-0.2, 0) is 14.6 Å². The first-order chi connectivity index (χ1) is 10.3. The Labute approximate surface area is 133 Å². The van der Waals surface area contributed by atoms with Crippen LogP contribution in [0.4, 0.5) is 0 Å². The fourth-order valence-corrected chi connectivity index (χ4v) is 2.57. The van der Waals surface area contributed by atoms with E-state index in [0.717, 1.165) is 6.42 Å². The Bertz CT molecular complexity index is 459. The molecule has 22 heavy (non-hydrogen) atoms. The monoisotopic (exact) mass is 308 g/mol. The highest BCUT2D eigenvalue weighted by Gasteiger charge is 2.24. The summed E-state index contributed by atoms with van der Waals surface area (Å²) in [5.74, 6) is 0.709. The zero-order valence-electron chi connectivity index (χ0n) is 14.5. The Morgan fingerprint density at radius 1 is 1.09 bits per heavy atom. The van der Waals surface area contributed by atoms with Gasteiger partial charge < -0.3 is 4.74 Å². The molecule has 0 amide bonds. The SMILES string of the molecule is CCC(OOC(C)=O)Oc1ccc(C(CC)C(C)(C)C)cc1. The van der Waals surface area contributed by atoms with Crippen molar-refractivity contribution in [3.63, 3.8) is 0 Å². The van der Waals surface area contributed by atoms with Crippen molar-refractivity contribution < 1.29 is 19.3 Å². The molecule has 0 aliphatic carbocycles. The van der Waals surface area contributed by atoms with Crippen LogP contribution in [-0.4, -0.2) is 12.3 Å². The first-order valence-corrected chi connectivity index (χ1v) is 7.88. The molecule has 0 N–H and O–H groups in total. The fraction of sp³-hybridized carbons (Fsp3) is 0.611. The van der Waals surface area contributed by atoms with E-state index < -0.39 is 12.3 Å². The summed E-state index contributed by atoms with van der Waals surface area (Å²) in [6.07, 6.45) is 1.07. The van der Waals surface area contributed by atoms with Gasteiger partial charge in [0.05, 0.1) is 0 Å². The van der Waals surface area contributed by atoms with Gasteiger partial charge in [-0.15, -0.1) is 4.89 Å². The second kappa shape index (κ2) is 8.18. The van der Waals surface area contributed by atoms with Gasteiger partial charge in [-0.05, 0) is 35.4 Å². The van der Waals surface area contributed by atoms with E-state index in [2.05, 4.69) is 44.7 Å². The maximum absolute atomic E-state index is 10.8. The molecular formula is C18H28O4. The first kappa shape index (κ1) is 18.5. The molecule has 0 fully saturated rings. The van der Waals surface area contributed by atoms with E-state index in [9.17, 15) is 4.79 Å². The summed E-state index contributed by atoms with van der Waals surface area (Å²) in [6, 6.07) is 8.05. The van der Waals surface area contributed by atoms with Gasteiger partial charge in [0.1, 0.15) is 5.75 Å². The molecule has 4 nitrogen and oxygen atoms in total. The van der Waals surface area contributed by atoms with Crippen LogP contribution in [0.2, 0.25) is 0 Å². The summed E-state index contributed by atoms with van der Waals surface area (Å²) < 4.78 is 5.67. The topological polar surface area (TPSA) is 44.8 Å². The number of carbonyl (C=O) groups excluding carboxylic acids is 1. The molecule has 1 rings (SSSR count). The average Bonchev–Trinajstić information content (AvgIpc) is 2.44. The lowest BCUT2D eigenvalue weighted by Gasteiger charge is -2.30. The highest BCUT2D eigenvalue weighted by Crippen LogP contribution is 2.38. The molecule has 0 spiro atoms. The molecule has 1 aromatic carbocycles. The van der Waals surface area contributed by atoms with E-state index in [1.165, 1.54) is 12.5 Å². The smallest absolute Gasteiger partial charge is 0.339 e. The van der Waals surface area contributed by atoms with Gasteiger partial charge in [-0.25, -0.2) is 4.79 Å². The molecule has 0 aliphatic rings. The largest absolute Gasteiger partial charge is 0.461 e. The number of hydrogen-bond acceptors (Lipinski definition) is 4. The Hall–Kier alpha value is -1.55. The van der Waals surface area contributed by atoms with Gasteiger partial charge in [0.2, 0.25) is 6.29 Å². The van der Waals surface area contributed by atoms with Crippen molar-refractivity contribution in [2.75, 3.05) is 0 Å². The van der Waals surface area contributed by atoms with Crippen LogP contribution in [0.3, 0.4) is 0 Å². The average molecular weight is 308 g/mol. The molecule has 0 saturated heterocycles. The van der Waals surface area contributed by atoms with Crippen LogP contribution in [0, 0.1) is 5.41 Å². The van der Waals surface area contributed by atoms with Gasteiger partial charge in [-0.3, -0.25) is 4.89 Å². The van der Waals surface area contributed by atoms with Crippen molar-refractivity contribution in [3.05, 3.63) is 29.8 Å². The molecule has 0 aliphatic heterocycles. The van der Waals surface area contributed by atoms with Gasteiger partial charge in [-0.1, -0.05) is 46.8 Å². The summed E-state index contributed by atoms with van der Waals surface area (Å²) in [6.45, 7) is 12.2. The van der Waals surface area contributed by atoms with Crippen LogP contribution in [0.1, 0.15) is 65.9 Å². The third-order valence-corrected chi connectivity index (χ3v) is 3.61. The zero-order valence-corrected chi connectivity index (χ0v) is 14.5. The van der Waals surface area contributed by atoms with Crippen molar-refractivity contribution in [3.8, 4) is 5.75 Å². The molecule has 0 heterocycles. The lowest BCUT2D eigenvalue weighted by molar-refractivity contribution is -0.333. The number of hydrogen-bond donors (Lipinski definition) is 0. The maximum atomic E-state index is 10.8. The van der Waals surface area contributed by atoms with E-state index in [4.69, 9.17) is 9.62 Å². The number of carbonyl (C=O) groups is 1. The predicted octanol–water partition coefficient (Wildman–Crippen LogP) is 4.84. The second-order valence-electron chi connectivity index (χ2n) is 6.52. The normalized spacial score (nSPS) is 14.3. The van der Waals surface area contributed by atoms with Crippen molar-refractivity contribution in [2.24, 2.45) is 5.41 Å². The molecule has 1 aromatic rings. The Morgan fingerprint density at radius 2 is 1.68 bits per heavy atom. The quantitative estimate of drug-likeness (QED) is 0.411. The van der Waals surface area contributed by atoms with Gasteiger partial charge in [0, 0.05) is 13.3 Å². The molecule has 0 bridgehead atoms. The van der Waals surface area contributed by atoms with E-state index >= 15 is 0 Å². The van der Waals surface area contributed by atoms with Crippen LogP contribution < -0.4 is 4.74 Å². The van der Waals surface area contributed by atoms with E-state index in [1.54, 1.807) is 0 Å². The summed E-state index contributed by atoms with van der Waals surface area (Å²) >= 11 is 0. The Balaban J connectivity index is 2.73. The van der Waals surface area contributed by atoms with Crippen LogP contribution in [0.5, 0.6) is 5.75 Å². The standard InChI is InChI=1S/C18H28O4/c1-7-16(18(4,5)6)14-9-11-15(12-10-14)20-17(8-2)22-21-13(3)19/h9-12,16-17H,7-8H2,1-6H3. The van der Waals surface area contributed by atoms with E-state index in [1.807, 2.05) is 19.1 Å². The van der Waals surface area contributed by atoms with E-state index in [0.29, 0.717) is 18.1 Å². The minimum Gasteiger partial charge on any atom is -0.461 e. The van der Waals surface area contributed by atoms with Crippen molar-refractivity contribution in [1.29, 1.82) is 0 Å². The van der Waals surface area contributed by atoms with Crippen LogP contribution in [0.25, 0.3) is 0 Å². The highest BCUT2D eigenvalue weighted by atomic mass is 17.2. The third kappa shape index (κ3) is 5.68. The summed E-state index contributed by atoms with van der Waals surface area (Å²) in [5, 5.41) is 0. The number of rotatable bonds is 7. The molecule has 2 unspecified atom stereocenters. The lowest BCUT2D eigenvalue weighted by Crippen LogP contribution is -2.21. The summed E-state index contributed by atoms with van der Waals surface area (Å²) in [5.41, 5.74) is 1.53. The van der Waals surface area contributed by atoms with Gasteiger partial charge in [0.15, 0.2) is 0 Å². The predicted molar refractivity (Wildman–Crippen MR) is 86.5 cm³/mol. The highest BCUT2D eigenvalue weighted by molar-refractivity contribution is 5.65. The summed E-state index contributed by atoms with van der Waals surface area (Å²) in [7, 11) is 0. The molecule has 0 radical (unpaired) electrons. The molecule has 0 aromatic heterocycles. The minimum absolute atomic E-state index is 0.224. The second-order valence-corrected chi connectivity index (χ2v) is 6.52.